The van der Waals surface area contributed by atoms with Crippen LogP contribution in [0.4, 0.5) is 0 Å². The molecule has 0 aromatic carbocycles. The number of hydrogen-bond donors (Lipinski definition) is 2. The summed E-state index contributed by atoms with van der Waals surface area (Å²) in [5, 5.41) is 0. The lowest BCUT2D eigenvalue weighted by Crippen LogP contribution is -2.64. The molecule has 0 amide bonds. The first-order chi connectivity index (χ1) is 3.41. The fourth-order valence-electron chi connectivity index (χ4n) is 0.325. The van der Waals surface area contributed by atoms with Gasteiger partial charge >= 0.3 is 16.4 Å². The Balaban J connectivity index is 2.68. The fraction of sp³-hybridized carbons (Fsp3) is 1.00. The van der Waals surface area contributed by atoms with Crippen molar-refractivity contribution in [1.29, 1.82) is 0 Å². The molecule has 1 aliphatic heterocycles. The Kier molecular flexibility index (Phi) is 0.886. The Morgan fingerprint density at radius 2 is 1.62 bits per heavy atom. The summed E-state index contributed by atoms with van der Waals surface area (Å²) in [5.74, 6) is 0. The van der Waals surface area contributed by atoms with Gasteiger partial charge in [-0.25, -0.2) is 0 Å². The van der Waals surface area contributed by atoms with E-state index in [1.54, 1.807) is 0 Å². The van der Waals surface area contributed by atoms with Gasteiger partial charge in [0.05, 0.1) is 0 Å². The monoisotopic (exact) mass is 140 g/mol. The van der Waals surface area contributed by atoms with E-state index in [2.05, 4.69) is 8.37 Å². The second kappa shape index (κ2) is 1.20. The van der Waals surface area contributed by atoms with Crippen molar-refractivity contribution >= 4 is 10.4 Å². The van der Waals surface area contributed by atoms with Crippen LogP contribution in [0, 0.1) is 0 Å². The minimum absolute atomic E-state index is 1.93. The molecule has 0 bridgehead atoms. The maximum absolute atomic E-state index is 9.90. The smallest absolute Gasteiger partial charge is 0.264 e. The van der Waals surface area contributed by atoms with Crippen LogP contribution >= 0.6 is 0 Å². The van der Waals surface area contributed by atoms with Crippen LogP contribution in [0.2, 0.25) is 0 Å². The average molecular weight is 140 g/mol. The van der Waals surface area contributed by atoms with Crippen LogP contribution in [0.25, 0.3) is 0 Å². The summed E-state index contributed by atoms with van der Waals surface area (Å²) in [6.45, 7) is 0. The highest BCUT2D eigenvalue weighted by Gasteiger charge is 2.46. The Labute approximate surface area is 45.7 Å². The minimum Gasteiger partial charge on any atom is -0.264 e. The second-order valence-corrected chi connectivity index (χ2v) is 2.45. The third-order valence-electron chi connectivity index (χ3n) is 0.465. The molecule has 0 saturated carbocycles. The van der Waals surface area contributed by atoms with Gasteiger partial charge in [-0.1, -0.05) is 0 Å². The van der Waals surface area contributed by atoms with Crippen LogP contribution in [0.3, 0.4) is 0 Å². The molecule has 1 fully saturated rings. The lowest BCUT2D eigenvalue weighted by molar-refractivity contribution is -0.177. The predicted molar refractivity (Wildman–Crippen MR) is 22.2 cm³/mol. The summed E-state index contributed by atoms with van der Waals surface area (Å²) in [5.41, 5.74) is 9.50. The maximum atomic E-state index is 9.90. The molecule has 8 heavy (non-hydrogen) atoms. The van der Waals surface area contributed by atoms with Crippen molar-refractivity contribution in [2.24, 2.45) is 11.5 Å². The molecule has 48 valence electrons. The summed E-state index contributed by atoms with van der Waals surface area (Å²) in [4.78, 5) is 0. The molecule has 1 heterocycles. The standard InChI is InChI=1S/CH4N2O4S/c2-1(3)6-8(4,5)7-1/h2-3H2. The van der Waals surface area contributed by atoms with Crippen molar-refractivity contribution in [3.05, 3.63) is 0 Å². The Hall–Kier alpha value is -0.210. The summed E-state index contributed by atoms with van der Waals surface area (Å²) < 4.78 is 27.4. The third kappa shape index (κ3) is 0.956. The molecular formula is CH4N2O4S. The van der Waals surface area contributed by atoms with Gasteiger partial charge in [-0.2, -0.15) is 16.8 Å². The van der Waals surface area contributed by atoms with Crippen LogP contribution in [0.1, 0.15) is 0 Å². The van der Waals surface area contributed by atoms with E-state index in [0.717, 1.165) is 0 Å². The Bertz CT molecular complexity index is 178. The quantitative estimate of drug-likeness (QED) is 0.370. The predicted octanol–water partition coefficient (Wildman–Crippen LogP) is -2.19. The van der Waals surface area contributed by atoms with E-state index in [1.807, 2.05) is 0 Å². The molecule has 0 unspecified atom stereocenters. The molecule has 0 aromatic rings. The number of nitrogens with two attached hydrogens (primary N) is 2. The molecule has 7 heteroatoms. The van der Waals surface area contributed by atoms with Gasteiger partial charge in [-0.3, -0.25) is 11.5 Å². The molecule has 0 radical (unpaired) electrons. The number of hydrogen-bond acceptors (Lipinski definition) is 6. The zero-order valence-corrected chi connectivity index (χ0v) is 4.51. The molecule has 6 nitrogen and oxygen atoms in total. The van der Waals surface area contributed by atoms with Gasteiger partial charge in [-0.05, 0) is 0 Å². The molecule has 0 atom stereocenters. The van der Waals surface area contributed by atoms with Crippen molar-refractivity contribution < 1.29 is 16.8 Å². The lowest BCUT2D eigenvalue weighted by atomic mass is 11.0. The molecule has 1 rings (SSSR count). The van der Waals surface area contributed by atoms with Crippen molar-refractivity contribution in [2.75, 3.05) is 0 Å². The van der Waals surface area contributed by atoms with E-state index in [4.69, 9.17) is 11.5 Å². The lowest BCUT2D eigenvalue weighted by Gasteiger charge is -2.30. The van der Waals surface area contributed by atoms with Gasteiger partial charge < -0.3 is 0 Å². The van der Waals surface area contributed by atoms with Crippen molar-refractivity contribution in [1.82, 2.24) is 0 Å². The highest BCUT2D eigenvalue weighted by Crippen LogP contribution is 2.19. The molecule has 1 aliphatic rings. The first-order valence-electron chi connectivity index (χ1n) is 1.65. The molecule has 0 aliphatic carbocycles. The molecular weight excluding hydrogens is 136 g/mol. The summed E-state index contributed by atoms with van der Waals surface area (Å²) in [7, 11) is -3.84. The van der Waals surface area contributed by atoms with Crippen LogP contribution in [0.15, 0.2) is 0 Å². The first kappa shape index (κ1) is 5.92. The van der Waals surface area contributed by atoms with Crippen LogP contribution in [0.5, 0.6) is 0 Å². The Morgan fingerprint density at radius 1 is 1.25 bits per heavy atom. The highest BCUT2D eigenvalue weighted by atomic mass is 32.3. The van der Waals surface area contributed by atoms with Crippen molar-refractivity contribution in [3.8, 4) is 0 Å². The largest absolute Gasteiger partial charge is 0.409 e. The van der Waals surface area contributed by atoms with Gasteiger partial charge in [-0.15, -0.1) is 0 Å². The average Bonchev–Trinajstić information content (AvgIpc) is 1.20. The SMILES string of the molecule is NC1(N)OS(=O)(=O)O1. The van der Waals surface area contributed by atoms with Crippen LogP contribution < -0.4 is 11.5 Å². The summed E-state index contributed by atoms with van der Waals surface area (Å²) in [6.07, 6.45) is 0. The molecule has 1 saturated heterocycles. The van der Waals surface area contributed by atoms with Crippen LogP contribution in [-0.2, 0) is 18.8 Å². The minimum atomic E-state index is -3.84. The molecule has 0 spiro atoms. The van der Waals surface area contributed by atoms with Gasteiger partial charge in [0.1, 0.15) is 0 Å². The third-order valence-corrected chi connectivity index (χ3v) is 1.39. The van der Waals surface area contributed by atoms with E-state index < -0.39 is 16.4 Å². The van der Waals surface area contributed by atoms with E-state index in [9.17, 15) is 8.42 Å². The second-order valence-electron chi connectivity index (χ2n) is 1.30. The van der Waals surface area contributed by atoms with Crippen molar-refractivity contribution in [2.45, 2.75) is 6.03 Å². The van der Waals surface area contributed by atoms with Gasteiger partial charge in [0.2, 0.25) is 0 Å². The first-order valence-corrected chi connectivity index (χ1v) is 2.99. The zero-order valence-electron chi connectivity index (χ0n) is 3.70. The highest BCUT2D eigenvalue weighted by molar-refractivity contribution is 7.82. The van der Waals surface area contributed by atoms with Gasteiger partial charge in [0.15, 0.2) is 0 Å². The fourth-order valence-corrected chi connectivity index (χ4v) is 0.976. The molecule has 0 aromatic heterocycles. The van der Waals surface area contributed by atoms with Gasteiger partial charge in [0, 0.05) is 0 Å². The van der Waals surface area contributed by atoms with Crippen molar-refractivity contribution in [3.63, 3.8) is 0 Å². The van der Waals surface area contributed by atoms with E-state index in [1.165, 1.54) is 0 Å². The summed E-state index contributed by atoms with van der Waals surface area (Å²) in [6, 6.07) is -1.93. The Morgan fingerprint density at radius 3 is 1.62 bits per heavy atom. The van der Waals surface area contributed by atoms with E-state index in [0.29, 0.717) is 0 Å². The van der Waals surface area contributed by atoms with E-state index >= 15 is 0 Å². The van der Waals surface area contributed by atoms with E-state index in [-0.39, 0.29) is 0 Å². The topological polar surface area (TPSA) is 105 Å². The number of rotatable bonds is 0. The molecule has 4 N–H and O–H groups in total. The maximum Gasteiger partial charge on any atom is 0.409 e. The van der Waals surface area contributed by atoms with Gasteiger partial charge in [0.25, 0.3) is 0 Å². The summed E-state index contributed by atoms with van der Waals surface area (Å²) >= 11 is 0. The normalized spacial score (nSPS) is 31.2. The zero-order chi connectivity index (χ0) is 6.41. The van der Waals surface area contributed by atoms with Crippen LogP contribution in [-0.4, -0.2) is 14.5 Å².